The van der Waals surface area contributed by atoms with Crippen LogP contribution in [0.4, 0.5) is 0 Å². The second kappa shape index (κ2) is 14.4. The Morgan fingerprint density at radius 3 is 1.79 bits per heavy atom. The second-order valence-corrected chi connectivity index (χ2v) is 15.9. The summed E-state index contributed by atoms with van der Waals surface area (Å²) in [6.07, 6.45) is 10.2. The van der Waals surface area contributed by atoms with E-state index in [9.17, 15) is 5.41 Å². The van der Waals surface area contributed by atoms with Crippen LogP contribution in [0.15, 0.2) is 229 Å². The van der Waals surface area contributed by atoms with Crippen LogP contribution in [0.25, 0.3) is 99.2 Å². The number of allylic oxidation sites excluding steroid dienone is 5. The van der Waals surface area contributed by atoms with Crippen LogP contribution in [0.3, 0.4) is 0 Å². The summed E-state index contributed by atoms with van der Waals surface area (Å²) in [6, 6.07) is 69.3. The maximum atomic E-state index is 9.70. The van der Waals surface area contributed by atoms with Crippen LogP contribution in [-0.2, 0) is 0 Å². The van der Waals surface area contributed by atoms with E-state index in [0.717, 1.165) is 60.9 Å². The van der Waals surface area contributed by atoms with Gasteiger partial charge in [0.15, 0.2) is 0 Å². The van der Waals surface area contributed by atoms with Gasteiger partial charge in [-0.05, 0) is 104 Å². The number of nitrogens with one attached hydrogen (secondary N) is 1. The molecule has 1 aliphatic rings. The molecule has 0 fully saturated rings. The first-order chi connectivity index (χ1) is 30.7. The zero-order valence-corrected chi connectivity index (χ0v) is 33.7. The molecule has 0 atom stereocenters. The fraction of sp³-hybridized carbons (Fsp3) is 0. The summed E-state index contributed by atoms with van der Waals surface area (Å²) in [4.78, 5) is 5.05. The van der Waals surface area contributed by atoms with E-state index < -0.39 is 0 Å². The van der Waals surface area contributed by atoms with Crippen molar-refractivity contribution in [1.82, 2.24) is 9.13 Å². The summed E-state index contributed by atoms with van der Waals surface area (Å²) in [5.41, 5.74) is 12.9. The van der Waals surface area contributed by atoms with Crippen molar-refractivity contribution in [2.45, 2.75) is 0 Å². The lowest BCUT2D eigenvalue weighted by atomic mass is 9.89. The summed E-state index contributed by atoms with van der Waals surface area (Å²) in [7, 11) is 0. The zero-order chi connectivity index (χ0) is 41.1. The Hall–Kier alpha value is -8.34. The number of benzene rings is 9. The molecule has 4 heteroatoms. The van der Waals surface area contributed by atoms with Crippen molar-refractivity contribution in [1.29, 1.82) is 5.41 Å². The van der Waals surface area contributed by atoms with E-state index in [2.05, 4.69) is 187 Å². The van der Waals surface area contributed by atoms with Gasteiger partial charge in [0, 0.05) is 32.8 Å². The maximum Gasteiger partial charge on any atom is 0.227 e. The summed E-state index contributed by atoms with van der Waals surface area (Å²) in [6.45, 7) is 0. The van der Waals surface area contributed by atoms with E-state index in [1.165, 1.54) is 49.1 Å². The minimum Gasteiger partial charge on any atom is -0.309 e. The summed E-state index contributed by atoms with van der Waals surface area (Å²) >= 11 is 0. The highest BCUT2D eigenvalue weighted by atomic mass is 15.1. The van der Waals surface area contributed by atoms with Gasteiger partial charge < -0.3 is 4.57 Å². The lowest BCUT2D eigenvalue weighted by Crippen LogP contribution is -2.12. The average Bonchev–Trinajstić information content (AvgIpc) is 3.85. The number of fused-ring (bicyclic) bond motifs is 9. The van der Waals surface area contributed by atoms with Crippen LogP contribution in [0.2, 0.25) is 0 Å². The predicted molar refractivity (Wildman–Crippen MR) is 263 cm³/mol. The van der Waals surface area contributed by atoms with Crippen LogP contribution in [0.1, 0.15) is 5.56 Å². The number of aromatic nitrogens is 2. The Balaban J connectivity index is 1.05. The molecular formula is C58H38N4. The van der Waals surface area contributed by atoms with Crippen molar-refractivity contribution in [3.8, 4) is 27.9 Å². The first-order valence-electron chi connectivity index (χ1n) is 21.1. The van der Waals surface area contributed by atoms with Gasteiger partial charge in [-0.3, -0.25) is 9.98 Å². The first kappa shape index (κ1) is 35.6. The highest BCUT2D eigenvalue weighted by molar-refractivity contribution is 6.28. The minimum absolute atomic E-state index is 0.163. The largest absolute Gasteiger partial charge is 0.309 e. The highest BCUT2D eigenvalue weighted by Gasteiger charge is 2.21. The molecule has 11 aromatic rings. The molecule has 0 unspecified atom stereocenters. The molecule has 1 aliphatic carbocycles. The number of hydrogen-bond donors (Lipinski definition) is 1. The Bertz CT molecular complexity index is 3740. The van der Waals surface area contributed by atoms with E-state index in [4.69, 9.17) is 4.99 Å². The van der Waals surface area contributed by atoms with Crippen LogP contribution in [-0.4, -0.2) is 20.8 Å². The third kappa shape index (κ3) is 5.69. The third-order valence-electron chi connectivity index (χ3n) is 12.4. The SMILES string of the molecule is N=C(/N=C1/C=CC=C/C1=C\c1ccccc1)n1c2ccccc2c2c3ccccc3c(-c3ccc(-c4ccc5c(c4)c4ccccc4n5-c4ccccc4)c4ccccc34)cc21. The zero-order valence-electron chi connectivity index (χ0n) is 33.7. The lowest BCUT2D eigenvalue weighted by molar-refractivity contribution is 1.18. The maximum absolute atomic E-state index is 9.70. The van der Waals surface area contributed by atoms with Crippen molar-refractivity contribution in [3.05, 3.63) is 230 Å². The normalized spacial score (nSPS) is 14.1. The fourth-order valence-electron chi connectivity index (χ4n) is 9.67. The van der Waals surface area contributed by atoms with Gasteiger partial charge in [-0.1, -0.05) is 170 Å². The van der Waals surface area contributed by atoms with E-state index in [1.54, 1.807) is 0 Å². The first-order valence-corrected chi connectivity index (χ1v) is 21.1. The van der Waals surface area contributed by atoms with Crippen molar-refractivity contribution in [2.75, 3.05) is 0 Å². The quantitative estimate of drug-likeness (QED) is 0.136. The summed E-state index contributed by atoms with van der Waals surface area (Å²) in [5, 5.41) is 19.1. The standard InChI is InChI=1S/C58H38N4/c59-58(60-52-28-14-7-19-40(52)35-38-17-3-1-4-18-38)62-54-30-16-13-27-49(54)57-48-26-11-10-24-45(48)50(37-56(57)62)46-33-32-42(43-22-8-9-23-44(43)46)39-31-34-55-51(36-39)47-25-12-15-29-53(47)61(55)41-20-5-2-6-21-41/h1-37,59H/b40-35+,59-58?,60-52-. The molecule has 290 valence electrons. The Morgan fingerprint density at radius 2 is 1.02 bits per heavy atom. The monoisotopic (exact) mass is 790 g/mol. The molecule has 1 N–H and O–H groups in total. The lowest BCUT2D eigenvalue weighted by Gasteiger charge is -2.16. The molecule has 0 amide bonds. The molecule has 0 radical (unpaired) electrons. The molecule has 0 saturated carbocycles. The second-order valence-electron chi connectivity index (χ2n) is 15.9. The summed E-state index contributed by atoms with van der Waals surface area (Å²) in [5.74, 6) is 0.163. The molecular weight excluding hydrogens is 753 g/mol. The van der Waals surface area contributed by atoms with Gasteiger partial charge in [-0.15, -0.1) is 0 Å². The van der Waals surface area contributed by atoms with Crippen LogP contribution < -0.4 is 0 Å². The van der Waals surface area contributed by atoms with E-state index in [-0.39, 0.29) is 5.96 Å². The van der Waals surface area contributed by atoms with Crippen LogP contribution in [0.5, 0.6) is 0 Å². The van der Waals surface area contributed by atoms with Gasteiger partial charge >= 0.3 is 0 Å². The predicted octanol–water partition coefficient (Wildman–Crippen LogP) is 15.0. The van der Waals surface area contributed by atoms with Crippen molar-refractivity contribution in [3.63, 3.8) is 0 Å². The summed E-state index contributed by atoms with van der Waals surface area (Å²) < 4.78 is 4.39. The number of para-hydroxylation sites is 3. The van der Waals surface area contributed by atoms with Gasteiger partial charge in [0.1, 0.15) is 0 Å². The molecule has 0 spiro atoms. The van der Waals surface area contributed by atoms with Gasteiger partial charge in [0.25, 0.3) is 0 Å². The molecule has 0 saturated heterocycles. The Kier molecular flexibility index (Phi) is 8.29. The fourth-order valence-corrected chi connectivity index (χ4v) is 9.67. The Labute approximate surface area is 358 Å². The number of hydrogen-bond acceptors (Lipinski definition) is 1. The third-order valence-corrected chi connectivity index (χ3v) is 12.4. The average molecular weight is 791 g/mol. The van der Waals surface area contributed by atoms with Gasteiger partial charge in [-0.25, -0.2) is 4.99 Å². The van der Waals surface area contributed by atoms with Gasteiger partial charge in [0.05, 0.1) is 27.8 Å². The van der Waals surface area contributed by atoms with Crippen molar-refractivity contribution in [2.24, 2.45) is 4.99 Å². The van der Waals surface area contributed by atoms with Crippen molar-refractivity contribution < 1.29 is 0 Å². The molecule has 62 heavy (non-hydrogen) atoms. The molecule has 2 heterocycles. The molecule has 9 aromatic carbocycles. The molecule has 2 aromatic heterocycles. The molecule has 12 rings (SSSR count). The highest BCUT2D eigenvalue weighted by Crippen LogP contribution is 2.44. The topological polar surface area (TPSA) is 46.1 Å². The van der Waals surface area contributed by atoms with Gasteiger partial charge in [0.2, 0.25) is 5.96 Å². The number of aliphatic imine (C=N–C) groups is 1. The molecule has 0 aliphatic heterocycles. The Morgan fingerprint density at radius 1 is 0.435 bits per heavy atom. The molecule has 0 bridgehead atoms. The smallest absolute Gasteiger partial charge is 0.227 e. The van der Waals surface area contributed by atoms with Crippen LogP contribution >= 0.6 is 0 Å². The minimum atomic E-state index is 0.163. The van der Waals surface area contributed by atoms with E-state index in [0.29, 0.717) is 0 Å². The van der Waals surface area contributed by atoms with Crippen molar-refractivity contribution >= 4 is 82.9 Å². The van der Waals surface area contributed by atoms with Crippen LogP contribution in [0, 0.1) is 5.41 Å². The van der Waals surface area contributed by atoms with E-state index in [1.807, 2.05) is 47.1 Å². The van der Waals surface area contributed by atoms with E-state index >= 15 is 0 Å². The van der Waals surface area contributed by atoms with Gasteiger partial charge in [-0.2, -0.15) is 0 Å². The number of nitrogens with zero attached hydrogens (tertiary/aromatic N) is 3. The number of rotatable bonds is 4. The molecule has 4 nitrogen and oxygen atoms in total.